The van der Waals surface area contributed by atoms with Crippen LogP contribution in [0.5, 0.6) is 0 Å². The zero-order valence-electron chi connectivity index (χ0n) is 17.7. The molecule has 0 bridgehead atoms. The summed E-state index contributed by atoms with van der Waals surface area (Å²) < 4.78 is 1.58. The van der Waals surface area contributed by atoms with E-state index in [0.29, 0.717) is 18.1 Å². The molecule has 2 fully saturated rings. The van der Waals surface area contributed by atoms with Crippen molar-refractivity contribution in [3.63, 3.8) is 0 Å². The first-order valence-electron chi connectivity index (χ1n) is 11.6. The zero-order chi connectivity index (χ0) is 20.7. The Morgan fingerprint density at radius 2 is 1.80 bits per heavy atom. The average Bonchev–Trinajstić information content (AvgIpc) is 3.56. The van der Waals surface area contributed by atoms with Crippen molar-refractivity contribution in [3.05, 3.63) is 52.1 Å². The second-order valence-corrected chi connectivity index (χ2v) is 9.56. The van der Waals surface area contributed by atoms with Gasteiger partial charge in [0.05, 0.1) is 5.69 Å². The second kappa shape index (κ2) is 8.16. The summed E-state index contributed by atoms with van der Waals surface area (Å²) in [4.78, 5) is 18.9. The van der Waals surface area contributed by atoms with E-state index in [0.717, 1.165) is 24.4 Å². The number of nitrogens with two attached hydrogens (primary N) is 2. The van der Waals surface area contributed by atoms with Crippen molar-refractivity contribution < 1.29 is 0 Å². The van der Waals surface area contributed by atoms with Crippen LogP contribution in [-0.4, -0.2) is 39.1 Å². The van der Waals surface area contributed by atoms with Crippen LogP contribution < -0.4 is 17.2 Å². The van der Waals surface area contributed by atoms with Gasteiger partial charge in [-0.15, -0.1) is 0 Å². The van der Waals surface area contributed by atoms with Crippen molar-refractivity contribution in [2.45, 2.75) is 75.9 Å². The molecule has 1 aromatic carbocycles. The number of aryl methyl sites for hydroxylation is 1. The van der Waals surface area contributed by atoms with Crippen molar-refractivity contribution >= 4 is 5.82 Å². The maximum atomic E-state index is 12.2. The maximum absolute atomic E-state index is 12.2. The Morgan fingerprint density at radius 1 is 1.00 bits per heavy atom. The first kappa shape index (κ1) is 19.8. The van der Waals surface area contributed by atoms with Crippen molar-refractivity contribution in [2.24, 2.45) is 11.7 Å². The SMILES string of the molecule is Nc1ccn(-c2ccc3c(c2)CCC(N(CC2CC2)[C@H]2CC[C@H](N)CC2)C3)c(=O)n1. The molecule has 2 aromatic rings. The number of nitrogen functional groups attached to an aromatic ring is 1. The van der Waals surface area contributed by atoms with E-state index in [1.165, 1.54) is 62.6 Å². The second-order valence-electron chi connectivity index (χ2n) is 9.56. The van der Waals surface area contributed by atoms with Gasteiger partial charge in [0.1, 0.15) is 5.82 Å². The normalized spacial score (nSPS) is 26.5. The van der Waals surface area contributed by atoms with E-state index in [1.54, 1.807) is 16.8 Å². The van der Waals surface area contributed by atoms with Gasteiger partial charge in [-0.1, -0.05) is 6.07 Å². The van der Waals surface area contributed by atoms with Crippen molar-refractivity contribution in [2.75, 3.05) is 12.3 Å². The standard InChI is InChI=1S/C24H33N5O/c25-19-5-9-20(10-6-19)29(15-16-1-2-16)22-8-4-17-13-21(7-3-18(17)14-22)28-12-11-23(26)27-24(28)30/h3,7,11-13,16,19-20,22H,1-2,4-6,8-10,14-15,25H2,(H2,26,27,30)/t19-,20-,22?. The molecule has 6 nitrogen and oxygen atoms in total. The lowest BCUT2D eigenvalue weighted by molar-refractivity contribution is 0.0855. The highest BCUT2D eigenvalue weighted by atomic mass is 16.1. The topological polar surface area (TPSA) is 90.2 Å². The van der Waals surface area contributed by atoms with E-state index in [2.05, 4.69) is 22.0 Å². The van der Waals surface area contributed by atoms with Crippen LogP contribution >= 0.6 is 0 Å². The minimum Gasteiger partial charge on any atom is -0.383 e. The molecule has 30 heavy (non-hydrogen) atoms. The van der Waals surface area contributed by atoms with E-state index in [-0.39, 0.29) is 11.5 Å². The maximum Gasteiger partial charge on any atom is 0.354 e. The fraction of sp³-hybridized carbons (Fsp3) is 0.583. The third-order valence-electron chi connectivity index (χ3n) is 7.34. The highest BCUT2D eigenvalue weighted by molar-refractivity contribution is 5.43. The highest BCUT2D eigenvalue weighted by Gasteiger charge is 2.35. The van der Waals surface area contributed by atoms with Gasteiger partial charge in [-0.2, -0.15) is 4.98 Å². The first-order chi connectivity index (χ1) is 14.6. The van der Waals surface area contributed by atoms with Crippen LogP contribution in [0.4, 0.5) is 5.82 Å². The Morgan fingerprint density at radius 3 is 2.53 bits per heavy atom. The Kier molecular flexibility index (Phi) is 5.37. The van der Waals surface area contributed by atoms with Gasteiger partial charge in [-0.3, -0.25) is 9.47 Å². The Labute approximate surface area is 178 Å². The van der Waals surface area contributed by atoms with Crippen molar-refractivity contribution in [1.29, 1.82) is 0 Å². The van der Waals surface area contributed by atoms with Gasteiger partial charge in [0, 0.05) is 30.9 Å². The fourth-order valence-electron chi connectivity index (χ4n) is 5.40. The molecule has 0 radical (unpaired) electrons. The van der Waals surface area contributed by atoms with Crippen LogP contribution in [0.2, 0.25) is 0 Å². The monoisotopic (exact) mass is 407 g/mol. The number of nitrogens with zero attached hydrogens (tertiary/aromatic N) is 3. The molecule has 1 aromatic heterocycles. The Hall–Kier alpha value is -2.18. The minimum atomic E-state index is -0.324. The third kappa shape index (κ3) is 4.16. The Bertz CT molecular complexity index is 958. The van der Waals surface area contributed by atoms with E-state index in [1.807, 2.05) is 6.07 Å². The van der Waals surface area contributed by atoms with Crippen LogP contribution in [0.3, 0.4) is 0 Å². The van der Waals surface area contributed by atoms with Gasteiger partial charge in [0.15, 0.2) is 0 Å². The van der Waals surface area contributed by atoms with Crippen LogP contribution in [-0.2, 0) is 12.8 Å². The fourth-order valence-corrected chi connectivity index (χ4v) is 5.40. The minimum absolute atomic E-state index is 0.261. The molecule has 0 saturated heterocycles. The molecule has 0 spiro atoms. The van der Waals surface area contributed by atoms with E-state index < -0.39 is 0 Å². The summed E-state index contributed by atoms with van der Waals surface area (Å²) in [5, 5.41) is 0. The summed E-state index contributed by atoms with van der Waals surface area (Å²) in [7, 11) is 0. The zero-order valence-corrected chi connectivity index (χ0v) is 17.7. The molecule has 1 atom stereocenters. The first-order valence-corrected chi connectivity index (χ1v) is 11.6. The predicted octanol–water partition coefficient (Wildman–Crippen LogP) is 2.65. The molecular weight excluding hydrogens is 374 g/mol. The lowest BCUT2D eigenvalue weighted by Crippen LogP contribution is -2.49. The molecule has 3 aliphatic rings. The number of anilines is 1. The molecule has 0 amide bonds. The third-order valence-corrected chi connectivity index (χ3v) is 7.34. The molecular formula is C24H33N5O. The van der Waals surface area contributed by atoms with E-state index in [9.17, 15) is 4.79 Å². The van der Waals surface area contributed by atoms with Gasteiger partial charge in [0.2, 0.25) is 0 Å². The lowest BCUT2D eigenvalue weighted by atomic mass is 9.84. The largest absolute Gasteiger partial charge is 0.383 e. The van der Waals surface area contributed by atoms with Crippen molar-refractivity contribution in [1.82, 2.24) is 14.5 Å². The number of benzene rings is 1. The van der Waals surface area contributed by atoms with Gasteiger partial charge in [-0.25, -0.2) is 4.79 Å². The molecule has 6 heteroatoms. The summed E-state index contributed by atoms with van der Waals surface area (Å²) in [6, 6.07) is 9.83. The van der Waals surface area contributed by atoms with Crippen LogP contribution in [0, 0.1) is 5.92 Å². The lowest BCUT2D eigenvalue weighted by Gasteiger charge is -2.43. The summed E-state index contributed by atoms with van der Waals surface area (Å²) in [5.74, 6) is 1.17. The quantitative estimate of drug-likeness (QED) is 0.795. The highest BCUT2D eigenvalue weighted by Crippen LogP contribution is 2.36. The number of fused-ring (bicyclic) bond motifs is 1. The van der Waals surface area contributed by atoms with Crippen molar-refractivity contribution in [3.8, 4) is 5.69 Å². The number of rotatable bonds is 5. The van der Waals surface area contributed by atoms with Gasteiger partial charge < -0.3 is 11.5 Å². The summed E-state index contributed by atoms with van der Waals surface area (Å²) >= 11 is 0. The molecule has 4 N–H and O–H groups in total. The molecule has 0 aliphatic heterocycles. The smallest absolute Gasteiger partial charge is 0.354 e. The summed E-state index contributed by atoms with van der Waals surface area (Å²) in [6.07, 6.45) is 12.7. The molecule has 3 aliphatic carbocycles. The van der Waals surface area contributed by atoms with Gasteiger partial charge >= 0.3 is 5.69 Å². The predicted molar refractivity (Wildman–Crippen MR) is 120 cm³/mol. The van der Waals surface area contributed by atoms with Crippen LogP contribution in [0.1, 0.15) is 56.1 Å². The van der Waals surface area contributed by atoms with Crippen LogP contribution in [0.25, 0.3) is 5.69 Å². The summed E-state index contributed by atoms with van der Waals surface area (Å²) in [5.41, 5.74) is 15.2. The molecule has 1 heterocycles. The molecule has 1 unspecified atom stereocenters. The van der Waals surface area contributed by atoms with Crippen LogP contribution in [0.15, 0.2) is 35.3 Å². The molecule has 2 saturated carbocycles. The Balaban J connectivity index is 1.35. The summed E-state index contributed by atoms with van der Waals surface area (Å²) in [6.45, 7) is 1.27. The average molecular weight is 408 g/mol. The van der Waals surface area contributed by atoms with Gasteiger partial charge in [0.25, 0.3) is 0 Å². The molecule has 160 valence electrons. The molecule has 5 rings (SSSR count). The van der Waals surface area contributed by atoms with E-state index in [4.69, 9.17) is 11.5 Å². The van der Waals surface area contributed by atoms with E-state index >= 15 is 0 Å². The number of hydrogen-bond acceptors (Lipinski definition) is 5. The number of aromatic nitrogens is 2. The van der Waals surface area contributed by atoms with Gasteiger partial charge in [-0.05, 0) is 93.0 Å². The number of hydrogen-bond donors (Lipinski definition) is 2.